The molecule has 0 aliphatic rings. The van der Waals surface area contributed by atoms with Gasteiger partial charge in [-0.1, -0.05) is 46.8 Å². The average Bonchev–Trinajstić information content (AvgIpc) is 2.38. The van der Waals surface area contributed by atoms with E-state index in [2.05, 4.69) is 44.4 Å². The molecule has 0 atom stereocenters. The van der Waals surface area contributed by atoms with Gasteiger partial charge in [0.25, 0.3) is 0 Å². The van der Waals surface area contributed by atoms with Crippen molar-refractivity contribution in [2.75, 3.05) is 39.3 Å². The van der Waals surface area contributed by atoms with Crippen LogP contribution >= 0.6 is 12.2 Å². The minimum absolute atomic E-state index is 0.0262. The second-order valence-electron chi connectivity index (χ2n) is 5.81. The summed E-state index contributed by atoms with van der Waals surface area (Å²) < 4.78 is 0. The molecule has 0 bridgehead atoms. The molecule has 0 fully saturated rings. The molecule has 0 radical (unpaired) electrons. The van der Waals surface area contributed by atoms with Crippen molar-refractivity contribution >= 4 is 17.2 Å². The first kappa shape index (κ1) is 18.8. The van der Waals surface area contributed by atoms with Crippen molar-refractivity contribution < 1.29 is 0 Å². The molecule has 0 saturated carbocycles. The summed E-state index contributed by atoms with van der Waals surface area (Å²) in [5.41, 5.74) is 5.75. The van der Waals surface area contributed by atoms with Crippen LogP contribution in [0.25, 0.3) is 0 Å². The fraction of sp³-hybridized carbons (Fsp3) is 0.933. The molecule has 2 N–H and O–H groups in total. The van der Waals surface area contributed by atoms with Crippen molar-refractivity contribution in [2.24, 2.45) is 11.1 Å². The van der Waals surface area contributed by atoms with Gasteiger partial charge in [-0.3, -0.25) is 0 Å². The third-order valence-corrected chi connectivity index (χ3v) is 4.56. The average molecular weight is 288 g/mol. The van der Waals surface area contributed by atoms with Crippen molar-refractivity contribution in [1.82, 2.24) is 9.80 Å². The quantitative estimate of drug-likeness (QED) is 0.592. The van der Waals surface area contributed by atoms with Crippen LogP contribution in [0.5, 0.6) is 0 Å². The van der Waals surface area contributed by atoms with Crippen LogP contribution in [0.2, 0.25) is 0 Å². The van der Waals surface area contributed by atoms with Crippen LogP contribution in [0, 0.1) is 5.41 Å². The third-order valence-electron chi connectivity index (χ3n) is 4.01. The largest absolute Gasteiger partial charge is 0.393 e. The summed E-state index contributed by atoms with van der Waals surface area (Å²) in [6, 6.07) is 0. The van der Waals surface area contributed by atoms with E-state index in [4.69, 9.17) is 18.0 Å². The minimum Gasteiger partial charge on any atom is -0.393 e. The van der Waals surface area contributed by atoms with E-state index in [1.807, 2.05) is 0 Å². The Hall–Kier alpha value is -0.190. The molecule has 0 rings (SSSR count). The lowest BCUT2D eigenvalue weighted by atomic mass is 9.89. The number of hydrogen-bond donors (Lipinski definition) is 1. The van der Waals surface area contributed by atoms with Crippen LogP contribution in [0.1, 0.15) is 47.5 Å². The van der Waals surface area contributed by atoms with Gasteiger partial charge in [0.15, 0.2) is 0 Å². The van der Waals surface area contributed by atoms with E-state index in [1.165, 1.54) is 19.5 Å². The van der Waals surface area contributed by atoms with E-state index < -0.39 is 0 Å². The van der Waals surface area contributed by atoms with E-state index in [9.17, 15) is 0 Å². The Balaban J connectivity index is 3.99. The topological polar surface area (TPSA) is 32.5 Å². The maximum atomic E-state index is 5.78. The Morgan fingerprint density at radius 2 is 1.42 bits per heavy atom. The van der Waals surface area contributed by atoms with Gasteiger partial charge in [0.2, 0.25) is 0 Å². The van der Waals surface area contributed by atoms with Crippen molar-refractivity contribution in [3.63, 3.8) is 0 Å². The number of rotatable bonds is 11. The fourth-order valence-corrected chi connectivity index (χ4v) is 2.15. The molecule has 114 valence electrons. The zero-order chi connectivity index (χ0) is 14.9. The molecule has 0 unspecified atom stereocenters. The number of hydrogen-bond acceptors (Lipinski definition) is 3. The molecular weight excluding hydrogens is 254 g/mol. The lowest BCUT2D eigenvalue weighted by Crippen LogP contribution is -2.36. The predicted molar refractivity (Wildman–Crippen MR) is 89.7 cm³/mol. The van der Waals surface area contributed by atoms with Crippen LogP contribution in [-0.4, -0.2) is 54.1 Å². The van der Waals surface area contributed by atoms with Crippen LogP contribution in [0.3, 0.4) is 0 Å². The molecule has 0 amide bonds. The monoisotopic (exact) mass is 287 g/mol. The van der Waals surface area contributed by atoms with Gasteiger partial charge in [0.05, 0.1) is 4.99 Å². The molecular formula is C15H33N3S. The maximum absolute atomic E-state index is 5.78. The number of thiocarbonyl (C=S) groups is 1. The standard InChI is InChI=1S/C15H33N3S/c1-6-17(7-2)11-9-12-18(8-3)13-10-15(4,5)14(16)19/h6-13H2,1-5H3,(H2,16,19). The molecule has 19 heavy (non-hydrogen) atoms. The molecule has 0 saturated heterocycles. The third kappa shape index (κ3) is 7.85. The van der Waals surface area contributed by atoms with E-state index in [-0.39, 0.29) is 5.41 Å². The Kier molecular flexibility index (Phi) is 9.58. The van der Waals surface area contributed by atoms with Gasteiger partial charge in [-0.15, -0.1) is 0 Å². The second kappa shape index (κ2) is 9.67. The molecule has 0 aliphatic heterocycles. The lowest BCUT2D eigenvalue weighted by molar-refractivity contribution is 0.228. The number of nitrogens with two attached hydrogens (primary N) is 1. The Bertz CT molecular complexity index is 250. The van der Waals surface area contributed by atoms with Crippen LogP contribution in [0.4, 0.5) is 0 Å². The molecule has 0 aromatic heterocycles. The van der Waals surface area contributed by atoms with Crippen LogP contribution in [0.15, 0.2) is 0 Å². The summed E-state index contributed by atoms with van der Waals surface area (Å²) in [5, 5.41) is 0. The zero-order valence-electron chi connectivity index (χ0n) is 13.5. The Morgan fingerprint density at radius 1 is 0.947 bits per heavy atom. The van der Waals surface area contributed by atoms with E-state index in [0.717, 1.165) is 32.6 Å². The van der Waals surface area contributed by atoms with Gasteiger partial charge in [-0.25, -0.2) is 0 Å². The first-order valence-electron chi connectivity index (χ1n) is 7.62. The fourth-order valence-electron chi connectivity index (χ4n) is 2.05. The second-order valence-corrected chi connectivity index (χ2v) is 6.25. The molecule has 0 aromatic carbocycles. The smallest absolute Gasteiger partial charge is 0.0784 e. The van der Waals surface area contributed by atoms with Gasteiger partial charge in [0, 0.05) is 5.41 Å². The minimum atomic E-state index is -0.0262. The van der Waals surface area contributed by atoms with Gasteiger partial charge < -0.3 is 15.5 Å². The van der Waals surface area contributed by atoms with Gasteiger partial charge in [0.1, 0.15) is 0 Å². The van der Waals surface area contributed by atoms with Gasteiger partial charge in [-0.05, 0) is 52.1 Å². The first-order valence-corrected chi connectivity index (χ1v) is 8.02. The van der Waals surface area contributed by atoms with Gasteiger partial charge >= 0.3 is 0 Å². The van der Waals surface area contributed by atoms with Crippen molar-refractivity contribution in [3.05, 3.63) is 0 Å². The number of nitrogens with zero attached hydrogens (tertiary/aromatic N) is 2. The summed E-state index contributed by atoms with van der Waals surface area (Å²) in [4.78, 5) is 5.61. The Labute approximate surface area is 125 Å². The summed E-state index contributed by atoms with van der Waals surface area (Å²) in [6.07, 6.45) is 2.28. The highest BCUT2D eigenvalue weighted by Gasteiger charge is 2.21. The molecule has 4 heteroatoms. The first-order chi connectivity index (χ1) is 8.87. The lowest BCUT2D eigenvalue weighted by Gasteiger charge is -2.28. The molecule has 3 nitrogen and oxygen atoms in total. The SMILES string of the molecule is CCN(CC)CCCN(CC)CCC(C)(C)C(N)=S. The summed E-state index contributed by atoms with van der Waals surface area (Å²) in [7, 11) is 0. The van der Waals surface area contributed by atoms with Gasteiger partial charge in [-0.2, -0.15) is 0 Å². The molecule has 0 spiro atoms. The van der Waals surface area contributed by atoms with Crippen molar-refractivity contribution in [2.45, 2.75) is 47.5 Å². The highest BCUT2D eigenvalue weighted by molar-refractivity contribution is 7.80. The molecule has 0 aromatic rings. The predicted octanol–water partition coefficient (Wildman–Crippen LogP) is 2.74. The summed E-state index contributed by atoms with van der Waals surface area (Å²) in [5.74, 6) is 0. The van der Waals surface area contributed by atoms with E-state index in [0.29, 0.717) is 4.99 Å². The Morgan fingerprint density at radius 3 is 1.84 bits per heavy atom. The maximum Gasteiger partial charge on any atom is 0.0784 e. The van der Waals surface area contributed by atoms with Crippen molar-refractivity contribution in [1.29, 1.82) is 0 Å². The van der Waals surface area contributed by atoms with Crippen LogP contribution in [-0.2, 0) is 0 Å². The highest BCUT2D eigenvalue weighted by atomic mass is 32.1. The van der Waals surface area contributed by atoms with Crippen molar-refractivity contribution in [3.8, 4) is 0 Å². The zero-order valence-corrected chi connectivity index (χ0v) is 14.4. The highest BCUT2D eigenvalue weighted by Crippen LogP contribution is 2.20. The molecule has 0 heterocycles. The van der Waals surface area contributed by atoms with E-state index in [1.54, 1.807) is 0 Å². The van der Waals surface area contributed by atoms with E-state index >= 15 is 0 Å². The summed E-state index contributed by atoms with van der Waals surface area (Å²) >= 11 is 5.13. The summed E-state index contributed by atoms with van der Waals surface area (Å²) in [6.45, 7) is 17.8. The van der Waals surface area contributed by atoms with Crippen LogP contribution < -0.4 is 5.73 Å². The molecule has 0 aliphatic carbocycles. The normalized spacial score (nSPS) is 12.4.